The van der Waals surface area contributed by atoms with Crippen molar-refractivity contribution in [3.63, 3.8) is 0 Å². The maximum atomic E-state index is 14.3. The Morgan fingerprint density at radius 1 is 1.00 bits per heavy atom. The van der Waals surface area contributed by atoms with E-state index in [1.165, 1.54) is 37.3 Å². The summed E-state index contributed by atoms with van der Waals surface area (Å²) < 4.78 is 79.5. The number of aliphatic hydroxyl groups excluding tert-OH is 1. The van der Waals surface area contributed by atoms with E-state index in [0.717, 1.165) is 6.92 Å². The minimum absolute atomic E-state index is 0.0235. The molecule has 37 heavy (non-hydrogen) atoms. The number of carbonyl (C=O) groups excluding carboxylic acids is 1. The van der Waals surface area contributed by atoms with E-state index in [1.54, 1.807) is 25.2 Å². The zero-order chi connectivity index (χ0) is 28.2. The highest BCUT2D eigenvalue weighted by atomic mass is 19.4. The molecule has 0 aliphatic rings. The molecule has 0 heterocycles. The van der Waals surface area contributed by atoms with Crippen molar-refractivity contribution in [3.8, 4) is 0 Å². The molecule has 0 spiro atoms. The van der Waals surface area contributed by atoms with Gasteiger partial charge in [0, 0.05) is 6.42 Å². The van der Waals surface area contributed by atoms with E-state index in [2.05, 4.69) is 10.5 Å². The predicted octanol–water partition coefficient (Wildman–Crippen LogP) is 4.96. The largest absolute Gasteiger partial charge is 0.411 e. The molecular weight excluding hydrogens is 504 g/mol. The van der Waals surface area contributed by atoms with Gasteiger partial charge in [0.1, 0.15) is 12.8 Å². The first-order chi connectivity index (χ1) is 17.0. The second-order valence-corrected chi connectivity index (χ2v) is 9.18. The number of carbonyl (C=O) groups is 1. The second kappa shape index (κ2) is 11.5. The van der Waals surface area contributed by atoms with Gasteiger partial charge in [0.15, 0.2) is 0 Å². The standard InChI is InChI=1S/C25H29F6N3O3/c1-14-7-15(2)9-18(8-14)23(4,25(29,30)31)11-20(34-37)17-5-6-19(16(3)10-17)22(36)32-12-21(35)33-13-24(26,27)28/h5-10,22,32,36-37H,11-13H2,1-4H3,(H,33,35)/b34-20+. The zero-order valence-corrected chi connectivity index (χ0v) is 20.7. The SMILES string of the molecule is Cc1cc(C)cc(C(C)(C/C(=N\O)c2ccc(C(O)NCC(=O)NCC(F)(F)F)c(C)c2)C(F)(F)F)c1. The maximum absolute atomic E-state index is 14.3. The van der Waals surface area contributed by atoms with Crippen LogP contribution >= 0.6 is 0 Å². The average Bonchev–Trinajstić information content (AvgIpc) is 2.77. The van der Waals surface area contributed by atoms with Crippen LogP contribution in [0.25, 0.3) is 0 Å². The summed E-state index contributed by atoms with van der Waals surface area (Å²) in [5.41, 5.74) is -0.477. The summed E-state index contributed by atoms with van der Waals surface area (Å²) in [5, 5.41) is 27.1. The van der Waals surface area contributed by atoms with Crippen molar-refractivity contribution in [2.24, 2.45) is 5.16 Å². The first-order valence-corrected chi connectivity index (χ1v) is 11.2. The molecule has 204 valence electrons. The van der Waals surface area contributed by atoms with Gasteiger partial charge in [-0.3, -0.25) is 10.1 Å². The second-order valence-electron chi connectivity index (χ2n) is 9.18. The van der Waals surface area contributed by atoms with Crippen LogP contribution in [0.5, 0.6) is 0 Å². The number of alkyl halides is 6. The fourth-order valence-corrected chi connectivity index (χ4v) is 3.91. The van der Waals surface area contributed by atoms with Crippen molar-refractivity contribution in [2.45, 2.75) is 58.1 Å². The van der Waals surface area contributed by atoms with Gasteiger partial charge in [0.2, 0.25) is 5.91 Å². The van der Waals surface area contributed by atoms with E-state index in [9.17, 15) is 41.5 Å². The Hall–Kier alpha value is -3.12. The van der Waals surface area contributed by atoms with E-state index in [-0.39, 0.29) is 22.4 Å². The summed E-state index contributed by atoms with van der Waals surface area (Å²) in [6, 6.07) is 8.76. The number of rotatable bonds is 9. The Kier molecular flexibility index (Phi) is 9.37. The monoisotopic (exact) mass is 533 g/mol. The van der Waals surface area contributed by atoms with Crippen molar-refractivity contribution in [2.75, 3.05) is 13.1 Å². The van der Waals surface area contributed by atoms with Gasteiger partial charge in [-0.05, 0) is 56.0 Å². The van der Waals surface area contributed by atoms with E-state index in [1.807, 2.05) is 0 Å². The van der Waals surface area contributed by atoms with Gasteiger partial charge < -0.3 is 15.6 Å². The lowest BCUT2D eigenvalue weighted by Crippen LogP contribution is -2.41. The highest BCUT2D eigenvalue weighted by Crippen LogP contribution is 2.45. The fourth-order valence-electron chi connectivity index (χ4n) is 3.91. The van der Waals surface area contributed by atoms with Gasteiger partial charge in [-0.15, -0.1) is 0 Å². The van der Waals surface area contributed by atoms with Crippen LogP contribution in [0.2, 0.25) is 0 Å². The fraction of sp³-hybridized carbons (Fsp3) is 0.440. The Labute approximate surface area is 210 Å². The minimum Gasteiger partial charge on any atom is -0.411 e. The number of nitrogens with zero attached hydrogens (tertiary/aromatic N) is 1. The normalized spacial score (nSPS) is 15.3. The summed E-state index contributed by atoms with van der Waals surface area (Å²) in [4.78, 5) is 11.5. The van der Waals surface area contributed by atoms with E-state index < -0.39 is 49.4 Å². The molecular formula is C25H29F6N3O3. The number of benzene rings is 2. The van der Waals surface area contributed by atoms with E-state index in [4.69, 9.17) is 0 Å². The number of aryl methyl sites for hydroxylation is 3. The molecule has 0 saturated carbocycles. The lowest BCUT2D eigenvalue weighted by Gasteiger charge is -2.33. The van der Waals surface area contributed by atoms with Crippen LogP contribution in [0, 0.1) is 20.8 Å². The highest BCUT2D eigenvalue weighted by molar-refractivity contribution is 6.01. The van der Waals surface area contributed by atoms with Crippen LogP contribution in [0.1, 0.15) is 53.0 Å². The molecule has 0 saturated heterocycles. The Bertz CT molecular complexity index is 1130. The van der Waals surface area contributed by atoms with Crippen LogP contribution in [-0.4, -0.2) is 47.4 Å². The van der Waals surface area contributed by atoms with Crippen molar-refractivity contribution in [1.29, 1.82) is 0 Å². The number of hydrogen-bond acceptors (Lipinski definition) is 5. The number of halogens is 6. The topological polar surface area (TPSA) is 94.0 Å². The summed E-state index contributed by atoms with van der Waals surface area (Å²) in [6.45, 7) is 3.83. The third-order valence-electron chi connectivity index (χ3n) is 5.97. The van der Waals surface area contributed by atoms with E-state index in [0.29, 0.717) is 16.7 Å². The van der Waals surface area contributed by atoms with Gasteiger partial charge >= 0.3 is 12.4 Å². The molecule has 4 N–H and O–H groups in total. The first-order valence-electron chi connectivity index (χ1n) is 11.2. The van der Waals surface area contributed by atoms with Gasteiger partial charge in [0.25, 0.3) is 0 Å². The maximum Gasteiger partial charge on any atom is 0.405 e. The highest BCUT2D eigenvalue weighted by Gasteiger charge is 2.53. The molecule has 0 radical (unpaired) electrons. The molecule has 6 nitrogen and oxygen atoms in total. The summed E-state index contributed by atoms with van der Waals surface area (Å²) in [7, 11) is 0. The molecule has 0 aliphatic carbocycles. The molecule has 12 heteroatoms. The van der Waals surface area contributed by atoms with Crippen molar-refractivity contribution in [3.05, 3.63) is 69.8 Å². The quantitative estimate of drug-likeness (QED) is 0.121. The molecule has 2 aromatic carbocycles. The number of oxime groups is 1. The van der Waals surface area contributed by atoms with Crippen molar-refractivity contribution >= 4 is 11.6 Å². The van der Waals surface area contributed by atoms with Crippen molar-refractivity contribution in [1.82, 2.24) is 10.6 Å². The number of amides is 1. The predicted molar refractivity (Wildman–Crippen MR) is 125 cm³/mol. The molecule has 0 aliphatic heterocycles. The average molecular weight is 534 g/mol. The minimum atomic E-state index is -4.68. The first kappa shape index (κ1) is 30.1. The van der Waals surface area contributed by atoms with Gasteiger partial charge in [-0.1, -0.05) is 46.6 Å². The summed E-state index contributed by atoms with van der Waals surface area (Å²) in [5.74, 6) is -0.988. The summed E-state index contributed by atoms with van der Waals surface area (Å²) in [6.07, 6.45) is -11.4. The van der Waals surface area contributed by atoms with Crippen LogP contribution in [0.15, 0.2) is 41.6 Å². The van der Waals surface area contributed by atoms with Crippen LogP contribution in [0.4, 0.5) is 26.3 Å². The van der Waals surface area contributed by atoms with Gasteiger partial charge in [0.05, 0.1) is 17.7 Å². The Morgan fingerprint density at radius 2 is 1.59 bits per heavy atom. The lowest BCUT2D eigenvalue weighted by atomic mass is 9.75. The van der Waals surface area contributed by atoms with Crippen molar-refractivity contribution < 1.29 is 41.5 Å². The Balaban J connectivity index is 2.25. The summed E-state index contributed by atoms with van der Waals surface area (Å²) >= 11 is 0. The Morgan fingerprint density at radius 3 is 2.08 bits per heavy atom. The lowest BCUT2D eigenvalue weighted by molar-refractivity contribution is -0.183. The smallest absolute Gasteiger partial charge is 0.405 e. The molecule has 0 bridgehead atoms. The molecule has 2 aromatic rings. The van der Waals surface area contributed by atoms with Crippen LogP contribution in [0.3, 0.4) is 0 Å². The molecule has 2 rings (SSSR count). The molecule has 0 fully saturated rings. The molecule has 2 unspecified atom stereocenters. The number of aliphatic hydroxyl groups is 1. The third-order valence-corrected chi connectivity index (χ3v) is 5.97. The van der Waals surface area contributed by atoms with Gasteiger partial charge in [-0.2, -0.15) is 26.3 Å². The van der Waals surface area contributed by atoms with E-state index >= 15 is 0 Å². The van der Waals surface area contributed by atoms with Crippen LogP contribution < -0.4 is 10.6 Å². The zero-order valence-electron chi connectivity index (χ0n) is 20.7. The number of hydrogen-bond donors (Lipinski definition) is 4. The van der Waals surface area contributed by atoms with Crippen LogP contribution in [-0.2, 0) is 10.2 Å². The number of nitrogens with one attached hydrogen (secondary N) is 2. The third kappa shape index (κ3) is 7.93. The molecule has 0 aromatic heterocycles. The van der Waals surface area contributed by atoms with Gasteiger partial charge in [-0.25, -0.2) is 0 Å². The molecule has 2 atom stereocenters. The molecule has 1 amide bonds.